The fraction of sp³-hybridized carbons (Fsp3) is 0.750. The van der Waals surface area contributed by atoms with Gasteiger partial charge in [0.15, 0.2) is 6.10 Å². The van der Waals surface area contributed by atoms with Crippen LogP contribution in [0.15, 0.2) is 0 Å². The van der Waals surface area contributed by atoms with Gasteiger partial charge in [-0.15, -0.1) is 0 Å². The highest BCUT2D eigenvalue weighted by atomic mass is 19.3. The molecule has 0 aromatic heterocycles. The Labute approximate surface area is 54.6 Å². The Morgan fingerprint density at radius 2 is 1.80 bits per heavy atom. The molecule has 2 unspecified atom stereocenters. The number of halogens is 3. The largest absolute Gasteiger partial charge is 0.384 e. The zero-order valence-corrected chi connectivity index (χ0v) is 4.80. The SMILES string of the molecule is NC(=O)C(F)C(O)C(F)F. The van der Waals surface area contributed by atoms with E-state index in [0.717, 1.165) is 0 Å². The van der Waals surface area contributed by atoms with Gasteiger partial charge < -0.3 is 10.8 Å². The minimum absolute atomic E-state index is 1.59. The molecule has 0 aliphatic rings. The maximum Gasteiger partial charge on any atom is 0.267 e. The number of hydrogen-bond donors (Lipinski definition) is 2. The number of carbonyl (C=O) groups excluding carboxylic acids is 1. The van der Waals surface area contributed by atoms with Gasteiger partial charge in [-0.1, -0.05) is 0 Å². The van der Waals surface area contributed by atoms with Crippen molar-refractivity contribution in [3.63, 3.8) is 0 Å². The predicted octanol–water partition coefficient (Wildman–Crippen LogP) is -0.564. The third kappa shape index (κ3) is 2.22. The summed E-state index contributed by atoms with van der Waals surface area (Å²) >= 11 is 0. The van der Waals surface area contributed by atoms with Crippen molar-refractivity contribution in [2.24, 2.45) is 5.73 Å². The highest BCUT2D eigenvalue weighted by molar-refractivity contribution is 5.79. The van der Waals surface area contributed by atoms with Crippen molar-refractivity contribution in [3.8, 4) is 0 Å². The molecule has 0 bridgehead atoms. The summed E-state index contributed by atoms with van der Waals surface area (Å²) in [6.45, 7) is 0. The van der Waals surface area contributed by atoms with E-state index in [1.807, 2.05) is 0 Å². The number of hydrogen-bond acceptors (Lipinski definition) is 2. The molecule has 0 saturated carbocycles. The number of carbonyl (C=O) groups is 1. The second-order valence-corrected chi connectivity index (χ2v) is 1.63. The van der Waals surface area contributed by atoms with E-state index >= 15 is 0 Å². The number of nitrogens with two attached hydrogens (primary N) is 1. The first-order chi connectivity index (χ1) is 4.46. The molecular formula is C4H6F3NO2. The second-order valence-electron chi connectivity index (χ2n) is 1.63. The maximum absolute atomic E-state index is 12.0. The number of alkyl halides is 3. The van der Waals surface area contributed by atoms with Crippen LogP contribution in [0.5, 0.6) is 0 Å². The molecule has 3 nitrogen and oxygen atoms in total. The molecule has 6 heteroatoms. The van der Waals surface area contributed by atoms with E-state index in [2.05, 4.69) is 5.73 Å². The van der Waals surface area contributed by atoms with Crippen LogP contribution in [0.4, 0.5) is 13.2 Å². The van der Waals surface area contributed by atoms with E-state index < -0.39 is 24.6 Å². The summed E-state index contributed by atoms with van der Waals surface area (Å²) in [6.07, 6.45) is -8.60. The van der Waals surface area contributed by atoms with Gasteiger partial charge >= 0.3 is 0 Å². The van der Waals surface area contributed by atoms with Gasteiger partial charge in [0.2, 0.25) is 6.17 Å². The van der Waals surface area contributed by atoms with E-state index in [1.54, 1.807) is 0 Å². The summed E-state index contributed by atoms with van der Waals surface area (Å²) in [5.74, 6) is -1.59. The quantitative estimate of drug-likeness (QED) is 0.576. The van der Waals surface area contributed by atoms with Gasteiger partial charge in [0, 0.05) is 0 Å². The molecule has 0 fully saturated rings. The molecule has 10 heavy (non-hydrogen) atoms. The maximum atomic E-state index is 12.0. The summed E-state index contributed by atoms with van der Waals surface area (Å²) in [6, 6.07) is 0. The van der Waals surface area contributed by atoms with Gasteiger partial charge in [-0.3, -0.25) is 4.79 Å². The molecule has 0 heterocycles. The average molecular weight is 157 g/mol. The zero-order chi connectivity index (χ0) is 8.31. The Balaban J connectivity index is 3.94. The van der Waals surface area contributed by atoms with Crippen molar-refractivity contribution >= 4 is 5.91 Å². The third-order valence-electron chi connectivity index (χ3n) is 0.830. The lowest BCUT2D eigenvalue weighted by atomic mass is 10.2. The molecule has 0 aliphatic heterocycles. The number of amides is 1. The first kappa shape index (κ1) is 9.22. The van der Waals surface area contributed by atoms with Gasteiger partial charge in [0.1, 0.15) is 0 Å². The smallest absolute Gasteiger partial charge is 0.267 e. The third-order valence-corrected chi connectivity index (χ3v) is 0.830. The zero-order valence-electron chi connectivity index (χ0n) is 4.80. The molecule has 0 spiro atoms. The first-order valence-corrected chi connectivity index (χ1v) is 2.36. The van der Waals surface area contributed by atoms with Crippen molar-refractivity contribution in [2.75, 3.05) is 0 Å². The van der Waals surface area contributed by atoms with Crippen LogP contribution in [-0.4, -0.2) is 29.7 Å². The molecule has 0 radical (unpaired) electrons. The second kappa shape index (κ2) is 3.40. The fourth-order valence-corrected chi connectivity index (χ4v) is 0.296. The summed E-state index contributed by atoms with van der Waals surface area (Å²) in [5, 5.41) is 8.14. The van der Waals surface area contributed by atoms with Crippen LogP contribution in [0.2, 0.25) is 0 Å². The van der Waals surface area contributed by atoms with Gasteiger partial charge in [-0.25, -0.2) is 13.2 Å². The van der Waals surface area contributed by atoms with Crippen LogP contribution in [0.1, 0.15) is 0 Å². The summed E-state index contributed by atoms with van der Waals surface area (Å²) in [4.78, 5) is 9.80. The van der Waals surface area contributed by atoms with Crippen LogP contribution >= 0.6 is 0 Å². The van der Waals surface area contributed by atoms with Gasteiger partial charge in [0.25, 0.3) is 12.3 Å². The highest BCUT2D eigenvalue weighted by Crippen LogP contribution is 2.07. The van der Waals surface area contributed by atoms with Crippen LogP contribution in [0.25, 0.3) is 0 Å². The molecule has 3 N–H and O–H groups in total. The van der Waals surface area contributed by atoms with Crippen molar-refractivity contribution in [1.29, 1.82) is 0 Å². The Morgan fingerprint density at radius 3 is 1.90 bits per heavy atom. The minimum atomic E-state index is -3.29. The normalized spacial score (nSPS) is 16.9. The monoisotopic (exact) mass is 157 g/mol. The number of aliphatic hydroxyl groups is 1. The summed E-state index contributed by atoms with van der Waals surface area (Å²) in [7, 11) is 0. The highest BCUT2D eigenvalue weighted by Gasteiger charge is 2.31. The Kier molecular flexibility index (Phi) is 3.14. The van der Waals surface area contributed by atoms with Crippen molar-refractivity contribution in [3.05, 3.63) is 0 Å². The number of aliphatic hydroxyl groups excluding tert-OH is 1. The predicted molar refractivity (Wildman–Crippen MR) is 26.1 cm³/mol. The van der Waals surface area contributed by atoms with Crippen LogP contribution in [-0.2, 0) is 4.79 Å². The lowest BCUT2D eigenvalue weighted by molar-refractivity contribution is -0.132. The van der Waals surface area contributed by atoms with Gasteiger partial charge in [0.05, 0.1) is 0 Å². The van der Waals surface area contributed by atoms with Crippen LogP contribution in [0.3, 0.4) is 0 Å². The van der Waals surface area contributed by atoms with Gasteiger partial charge in [-0.2, -0.15) is 0 Å². The lowest BCUT2D eigenvalue weighted by Crippen LogP contribution is -2.39. The van der Waals surface area contributed by atoms with E-state index in [4.69, 9.17) is 5.11 Å². The van der Waals surface area contributed by atoms with Crippen molar-refractivity contribution < 1.29 is 23.1 Å². The Morgan fingerprint density at radius 1 is 1.40 bits per heavy atom. The molecule has 0 aliphatic carbocycles. The number of primary amides is 1. The minimum Gasteiger partial charge on any atom is -0.384 e. The molecule has 0 saturated heterocycles. The molecule has 60 valence electrons. The van der Waals surface area contributed by atoms with Crippen LogP contribution < -0.4 is 5.73 Å². The molecule has 0 rings (SSSR count). The van der Waals surface area contributed by atoms with Gasteiger partial charge in [-0.05, 0) is 0 Å². The molecule has 0 aromatic carbocycles. The Hall–Kier alpha value is -0.780. The van der Waals surface area contributed by atoms with E-state index in [1.165, 1.54) is 0 Å². The number of rotatable bonds is 3. The topological polar surface area (TPSA) is 63.3 Å². The lowest BCUT2D eigenvalue weighted by Gasteiger charge is -2.10. The first-order valence-electron chi connectivity index (χ1n) is 2.36. The summed E-state index contributed by atoms with van der Waals surface area (Å²) in [5.41, 5.74) is 4.27. The average Bonchev–Trinajstić information content (AvgIpc) is 1.84. The standard InChI is InChI=1S/C4H6F3NO2/c5-1(4(8)10)2(9)3(6)7/h1-3,9H,(H2,8,10). The Bertz CT molecular complexity index is 130. The molecule has 2 atom stereocenters. The molecule has 1 amide bonds. The van der Waals surface area contributed by atoms with Crippen molar-refractivity contribution in [2.45, 2.75) is 18.7 Å². The molecular weight excluding hydrogens is 151 g/mol. The summed E-state index contributed by atoms with van der Waals surface area (Å²) < 4.78 is 34.6. The van der Waals surface area contributed by atoms with E-state index in [9.17, 15) is 18.0 Å². The van der Waals surface area contributed by atoms with Crippen molar-refractivity contribution in [1.82, 2.24) is 0 Å². The van der Waals surface area contributed by atoms with E-state index in [-0.39, 0.29) is 0 Å². The van der Waals surface area contributed by atoms with Crippen LogP contribution in [0, 0.1) is 0 Å². The fourth-order valence-electron chi connectivity index (χ4n) is 0.296. The van der Waals surface area contributed by atoms with E-state index in [0.29, 0.717) is 0 Å². The molecule has 0 aromatic rings.